The first-order valence-electron chi connectivity index (χ1n) is 32.2. The summed E-state index contributed by atoms with van der Waals surface area (Å²) in [4.78, 5) is 24.5. The molecular weight excluding hydrogens is 887 g/mol. The summed E-state index contributed by atoms with van der Waals surface area (Å²) < 4.78 is 5.47. The zero-order valence-electron chi connectivity index (χ0n) is 48.4. The van der Waals surface area contributed by atoms with Gasteiger partial charge in [-0.15, -0.1) is 0 Å². The van der Waals surface area contributed by atoms with Crippen molar-refractivity contribution in [3.8, 4) is 0 Å². The average Bonchev–Trinajstić information content (AvgIpc) is 3.38. The highest BCUT2D eigenvalue weighted by Crippen LogP contribution is 2.18. The monoisotopic (exact) mass is 1010 g/mol. The fourth-order valence-corrected chi connectivity index (χ4v) is 9.97. The Kier molecular flexibility index (Phi) is 60.0. The molecular formula is C66H125NO5. The first-order chi connectivity index (χ1) is 35.5. The summed E-state index contributed by atoms with van der Waals surface area (Å²) in [6, 6.07) is -0.540. The van der Waals surface area contributed by atoms with Crippen molar-refractivity contribution in [3.05, 3.63) is 36.5 Å². The second-order valence-electron chi connectivity index (χ2n) is 22.1. The van der Waals surface area contributed by atoms with Crippen LogP contribution in [0.4, 0.5) is 0 Å². The van der Waals surface area contributed by atoms with Crippen LogP contribution in [0, 0.1) is 0 Å². The van der Waals surface area contributed by atoms with Gasteiger partial charge in [0.2, 0.25) is 5.91 Å². The molecule has 2 unspecified atom stereocenters. The summed E-state index contributed by atoms with van der Waals surface area (Å²) >= 11 is 0. The molecule has 0 fully saturated rings. The smallest absolute Gasteiger partial charge is 0.305 e. The van der Waals surface area contributed by atoms with Crippen LogP contribution in [-0.4, -0.2) is 47.4 Å². The summed E-state index contributed by atoms with van der Waals surface area (Å²) in [6.45, 7) is 4.90. The quantitative estimate of drug-likeness (QED) is 0.0320. The summed E-state index contributed by atoms with van der Waals surface area (Å²) in [5.74, 6) is -0.0321. The molecule has 6 nitrogen and oxygen atoms in total. The van der Waals surface area contributed by atoms with Gasteiger partial charge >= 0.3 is 5.97 Å². The van der Waals surface area contributed by atoms with Crippen LogP contribution in [0.25, 0.3) is 0 Å². The maximum atomic E-state index is 12.5. The normalized spacial score (nSPS) is 12.8. The molecule has 0 spiro atoms. The molecule has 0 bridgehead atoms. The summed E-state index contributed by atoms with van der Waals surface area (Å²) in [5.41, 5.74) is 0. The fraction of sp³-hybridized carbons (Fsp3) is 0.879. The number of allylic oxidation sites excluding steroid dienone is 6. The van der Waals surface area contributed by atoms with Gasteiger partial charge in [0.1, 0.15) is 0 Å². The van der Waals surface area contributed by atoms with Gasteiger partial charge in [0.05, 0.1) is 25.4 Å². The number of aliphatic hydroxyl groups is 2. The zero-order valence-corrected chi connectivity index (χ0v) is 48.4. The highest BCUT2D eigenvalue weighted by Gasteiger charge is 2.20. The van der Waals surface area contributed by atoms with Gasteiger partial charge in [0.15, 0.2) is 0 Å². The molecule has 0 saturated heterocycles. The number of aliphatic hydroxyl groups excluding tert-OH is 2. The van der Waals surface area contributed by atoms with Gasteiger partial charge < -0.3 is 20.3 Å². The van der Waals surface area contributed by atoms with E-state index in [0.717, 1.165) is 51.4 Å². The standard InChI is InChI=1S/C66H125NO5/c1-3-5-7-9-11-13-15-34-38-42-46-50-54-58-64(69)63(62-68)67-65(70)59-55-51-47-43-39-36-32-30-28-26-24-22-20-18-17-19-21-23-25-27-29-31-33-37-41-45-49-53-57-61-72-66(71)60-56-52-48-44-40-35-16-14-12-10-8-6-4-2/h8,10,14,16-17,19,63-64,68-69H,3-7,9,11-13,15,18,20-62H2,1-2H3,(H,67,70)/b10-8-,16-14-,19-17-. The average molecular weight is 1010 g/mol. The fourth-order valence-electron chi connectivity index (χ4n) is 9.97. The maximum absolute atomic E-state index is 12.5. The van der Waals surface area contributed by atoms with Crippen LogP contribution >= 0.6 is 0 Å². The summed E-state index contributed by atoms with van der Waals surface area (Å²) in [7, 11) is 0. The second-order valence-corrected chi connectivity index (χ2v) is 22.1. The van der Waals surface area contributed by atoms with Crippen LogP contribution in [0.3, 0.4) is 0 Å². The minimum atomic E-state index is -0.663. The van der Waals surface area contributed by atoms with E-state index in [9.17, 15) is 19.8 Å². The third-order valence-electron chi connectivity index (χ3n) is 14.9. The van der Waals surface area contributed by atoms with Crippen molar-refractivity contribution in [1.29, 1.82) is 0 Å². The molecule has 1 amide bonds. The largest absolute Gasteiger partial charge is 0.466 e. The van der Waals surface area contributed by atoms with Crippen molar-refractivity contribution in [2.45, 2.75) is 360 Å². The SMILES string of the molecule is CCC/C=C\C/C=C\CCCCCCCC(=O)OCCCCCCCCCCCCCC/C=C\CCCCCCCCCCCCCCCC(=O)NC(CO)C(O)CCCCCCCCCCCCCCC. The number of nitrogens with one attached hydrogen (secondary N) is 1. The maximum Gasteiger partial charge on any atom is 0.305 e. The number of ether oxygens (including phenoxy) is 1. The Bertz CT molecular complexity index is 1170. The number of amides is 1. The molecule has 0 aromatic heterocycles. The molecule has 0 aromatic rings. The molecule has 0 rings (SSSR count). The Labute approximate surface area is 449 Å². The van der Waals surface area contributed by atoms with Crippen LogP contribution < -0.4 is 5.32 Å². The first kappa shape index (κ1) is 70.1. The van der Waals surface area contributed by atoms with Crippen molar-refractivity contribution in [2.24, 2.45) is 0 Å². The van der Waals surface area contributed by atoms with Gasteiger partial charge in [0.25, 0.3) is 0 Å². The van der Waals surface area contributed by atoms with E-state index in [-0.39, 0.29) is 18.5 Å². The van der Waals surface area contributed by atoms with Gasteiger partial charge in [-0.25, -0.2) is 0 Å². The van der Waals surface area contributed by atoms with E-state index >= 15 is 0 Å². The number of hydrogen-bond donors (Lipinski definition) is 3. The Morgan fingerprint density at radius 1 is 0.389 bits per heavy atom. The lowest BCUT2D eigenvalue weighted by Gasteiger charge is -2.22. The van der Waals surface area contributed by atoms with Crippen molar-refractivity contribution in [2.75, 3.05) is 13.2 Å². The minimum Gasteiger partial charge on any atom is -0.466 e. The molecule has 0 aliphatic carbocycles. The number of hydrogen-bond acceptors (Lipinski definition) is 5. The van der Waals surface area contributed by atoms with Crippen molar-refractivity contribution in [3.63, 3.8) is 0 Å². The third-order valence-corrected chi connectivity index (χ3v) is 14.9. The van der Waals surface area contributed by atoms with Crippen molar-refractivity contribution >= 4 is 11.9 Å². The Morgan fingerprint density at radius 3 is 1.12 bits per heavy atom. The van der Waals surface area contributed by atoms with Gasteiger partial charge in [-0.05, 0) is 77.0 Å². The molecule has 0 heterocycles. The number of unbranched alkanes of at least 4 members (excludes halogenated alkanes) is 43. The lowest BCUT2D eigenvalue weighted by Crippen LogP contribution is -2.45. The van der Waals surface area contributed by atoms with E-state index in [2.05, 4.69) is 55.6 Å². The molecule has 3 N–H and O–H groups in total. The Morgan fingerprint density at radius 2 is 0.722 bits per heavy atom. The minimum absolute atomic E-state index is 0.00108. The zero-order chi connectivity index (χ0) is 52.2. The molecule has 424 valence electrons. The second kappa shape index (κ2) is 61.6. The van der Waals surface area contributed by atoms with E-state index in [1.165, 1.54) is 263 Å². The summed E-state index contributed by atoms with van der Waals surface area (Å²) in [5, 5.41) is 23.3. The summed E-state index contributed by atoms with van der Waals surface area (Å²) in [6.07, 6.45) is 77.4. The van der Waals surface area contributed by atoms with Crippen LogP contribution in [-0.2, 0) is 14.3 Å². The molecule has 2 atom stereocenters. The lowest BCUT2D eigenvalue weighted by atomic mass is 10.0. The molecule has 0 aromatic carbocycles. The van der Waals surface area contributed by atoms with Gasteiger partial charge in [-0.2, -0.15) is 0 Å². The van der Waals surface area contributed by atoms with Gasteiger partial charge in [-0.3, -0.25) is 9.59 Å². The highest BCUT2D eigenvalue weighted by molar-refractivity contribution is 5.76. The third kappa shape index (κ3) is 57.4. The molecule has 0 radical (unpaired) electrons. The molecule has 0 aliphatic heterocycles. The van der Waals surface area contributed by atoms with Crippen LogP contribution in [0.2, 0.25) is 0 Å². The van der Waals surface area contributed by atoms with Crippen LogP contribution in [0.1, 0.15) is 348 Å². The lowest BCUT2D eigenvalue weighted by molar-refractivity contribution is -0.143. The van der Waals surface area contributed by atoms with E-state index < -0.39 is 12.1 Å². The van der Waals surface area contributed by atoms with E-state index in [0.29, 0.717) is 25.9 Å². The van der Waals surface area contributed by atoms with Gasteiger partial charge in [0, 0.05) is 12.8 Å². The van der Waals surface area contributed by atoms with E-state index in [4.69, 9.17) is 4.74 Å². The van der Waals surface area contributed by atoms with Crippen LogP contribution in [0.5, 0.6) is 0 Å². The molecule has 72 heavy (non-hydrogen) atoms. The predicted molar refractivity (Wildman–Crippen MR) is 315 cm³/mol. The van der Waals surface area contributed by atoms with Crippen molar-refractivity contribution in [1.82, 2.24) is 5.32 Å². The highest BCUT2D eigenvalue weighted by atomic mass is 16.5. The van der Waals surface area contributed by atoms with Gasteiger partial charge in [-0.1, -0.05) is 294 Å². The van der Waals surface area contributed by atoms with E-state index in [1.807, 2.05) is 0 Å². The molecule has 0 saturated carbocycles. The predicted octanol–water partition coefficient (Wildman–Crippen LogP) is 20.4. The number of esters is 1. The Hall–Kier alpha value is -1.92. The topological polar surface area (TPSA) is 95.9 Å². The van der Waals surface area contributed by atoms with Crippen LogP contribution in [0.15, 0.2) is 36.5 Å². The first-order valence-corrected chi connectivity index (χ1v) is 32.2. The van der Waals surface area contributed by atoms with E-state index in [1.54, 1.807) is 0 Å². The number of rotatable bonds is 60. The van der Waals surface area contributed by atoms with Crippen molar-refractivity contribution < 1.29 is 24.5 Å². The Balaban J connectivity index is 3.36. The number of carbonyl (C=O) groups excluding carboxylic acids is 2. The number of carbonyl (C=O) groups is 2. The molecule has 0 aliphatic rings. The molecule has 6 heteroatoms.